The molecule has 1 aliphatic heterocycles. The van der Waals surface area contributed by atoms with Crippen LogP contribution in [0.5, 0.6) is 0 Å². The molecule has 1 unspecified atom stereocenters. The van der Waals surface area contributed by atoms with Crippen molar-refractivity contribution in [1.82, 2.24) is 5.43 Å². The molecule has 2 rings (SSSR count). The van der Waals surface area contributed by atoms with Crippen LogP contribution in [-0.4, -0.2) is 6.61 Å². The molecule has 0 spiro atoms. The SMILES string of the molecule is NNC(C1=COCCC1)c1ccc(F)cc1Cl. The lowest BCUT2D eigenvalue weighted by Gasteiger charge is -2.23. The van der Waals surface area contributed by atoms with Crippen molar-refractivity contribution in [3.8, 4) is 0 Å². The second-order valence-corrected chi connectivity index (χ2v) is 4.34. The van der Waals surface area contributed by atoms with Crippen molar-refractivity contribution in [1.29, 1.82) is 0 Å². The lowest BCUT2D eigenvalue weighted by atomic mass is 9.96. The molecule has 1 aliphatic rings. The second kappa shape index (κ2) is 5.49. The highest BCUT2D eigenvalue weighted by molar-refractivity contribution is 6.31. The Kier molecular flexibility index (Phi) is 3.99. The monoisotopic (exact) mass is 256 g/mol. The van der Waals surface area contributed by atoms with E-state index in [0.717, 1.165) is 30.6 Å². The topological polar surface area (TPSA) is 47.3 Å². The number of nitrogens with one attached hydrogen (secondary N) is 1. The standard InChI is InChI=1S/C12H14ClFN2O/c13-11-6-9(14)3-4-10(11)12(16-15)8-2-1-5-17-7-8/h3-4,6-7,12,16H,1-2,5,15H2. The summed E-state index contributed by atoms with van der Waals surface area (Å²) in [6.45, 7) is 0.720. The molecule has 1 atom stereocenters. The average Bonchev–Trinajstić information content (AvgIpc) is 2.34. The van der Waals surface area contributed by atoms with E-state index in [-0.39, 0.29) is 11.9 Å². The predicted octanol–water partition coefficient (Wildman–Crippen LogP) is 2.68. The van der Waals surface area contributed by atoms with Crippen LogP contribution in [0.2, 0.25) is 5.02 Å². The molecule has 3 nitrogen and oxygen atoms in total. The van der Waals surface area contributed by atoms with Crippen molar-refractivity contribution in [2.24, 2.45) is 5.84 Å². The molecule has 1 aromatic carbocycles. The highest BCUT2D eigenvalue weighted by Crippen LogP contribution is 2.31. The molecule has 0 aromatic heterocycles. The number of halogens is 2. The van der Waals surface area contributed by atoms with Crippen LogP contribution in [0.4, 0.5) is 4.39 Å². The summed E-state index contributed by atoms with van der Waals surface area (Å²) in [4.78, 5) is 0. The van der Waals surface area contributed by atoms with Gasteiger partial charge in [-0.3, -0.25) is 5.84 Å². The first-order valence-electron chi connectivity index (χ1n) is 5.44. The minimum atomic E-state index is -0.358. The molecule has 0 radical (unpaired) electrons. The lowest BCUT2D eigenvalue weighted by molar-refractivity contribution is 0.219. The van der Waals surface area contributed by atoms with E-state index in [1.54, 1.807) is 12.3 Å². The molecule has 1 heterocycles. The zero-order valence-corrected chi connectivity index (χ0v) is 10.0. The van der Waals surface area contributed by atoms with E-state index in [9.17, 15) is 4.39 Å². The Morgan fingerprint density at radius 1 is 1.47 bits per heavy atom. The van der Waals surface area contributed by atoms with Gasteiger partial charge in [-0.15, -0.1) is 0 Å². The van der Waals surface area contributed by atoms with E-state index >= 15 is 0 Å². The maximum atomic E-state index is 13.0. The molecular weight excluding hydrogens is 243 g/mol. The van der Waals surface area contributed by atoms with Gasteiger partial charge in [-0.25, -0.2) is 9.82 Å². The van der Waals surface area contributed by atoms with E-state index in [2.05, 4.69) is 5.43 Å². The van der Waals surface area contributed by atoms with E-state index in [4.69, 9.17) is 22.2 Å². The second-order valence-electron chi connectivity index (χ2n) is 3.93. The molecular formula is C12H14ClFN2O. The van der Waals surface area contributed by atoms with Crippen molar-refractivity contribution in [2.75, 3.05) is 6.61 Å². The summed E-state index contributed by atoms with van der Waals surface area (Å²) in [5.74, 6) is 5.19. The van der Waals surface area contributed by atoms with Gasteiger partial charge in [-0.1, -0.05) is 17.7 Å². The number of hydrogen-bond donors (Lipinski definition) is 2. The van der Waals surface area contributed by atoms with Crippen molar-refractivity contribution in [2.45, 2.75) is 18.9 Å². The van der Waals surface area contributed by atoms with Crippen LogP contribution in [-0.2, 0) is 4.74 Å². The smallest absolute Gasteiger partial charge is 0.124 e. The number of benzene rings is 1. The van der Waals surface area contributed by atoms with Gasteiger partial charge in [0.05, 0.1) is 18.9 Å². The van der Waals surface area contributed by atoms with Gasteiger partial charge < -0.3 is 4.74 Å². The van der Waals surface area contributed by atoms with Crippen molar-refractivity contribution in [3.05, 3.63) is 46.4 Å². The first-order chi connectivity index (χ1) is 8.22. The highest BCUT2D eigenvalue weighted by Gasteiger charge is 2.20. The molecule has 5 heteroatoms. The fraction of sp³-hybridized carbons (Fsp3) is 0.333. The van der Waals surface area contributed by atoms with Gasteiger partial charge in [0, 0.05) is 5.02 Å². The number of nitrogens with two attached hydrogens (primary N) is 1. The molecule has 17 heavy (non-hydrogen) atoms. The van der Waals surface area contributed by atoms with Crippen molar-refractivity contribution in [3.63, 3.8) is 0 Å². The van der Waals surface area contributed by atoms with Gasteiger partial charge in [0.1, 0.15) is 5.82 Å². The Bertz CT molecular complexity index is 437. The predicted molar refractivity (Wildman–Crippen MR) is 64.7 cm³/mol. The van der Waals surface area contributed by atoms with Gasteiger partial charge in [-0.05, 0) is 36.1 Å². The molecule has 1 aromatic rings. The number of hydrazine groups is 1. The molecule has 0 bridgehead atoms. The fourth-order valence-electron chi connectivity index (χ4n) is 1.93. The third-order valence-electron chi connectivity index (χ3n) is 2.77. The van der Waals surface area contributed by atoms with Crippen LogP contribution in [0.1, 0.15) is 24.4 Å². The zero-order valence-electron chi connectivity index (χ0n) is 9.25. The number of ether oxygens (including phenoxy) is 1. The van der Waals surface area contributed by atoms with E-state index in [1.807, 2.05) is 0 Å². The summed E-state index contributed by atoms with van der Waals surface area (Å²) in [7, 11) is 0. The molecule has 92 valence electrons. The van der Waals surface area contributed by atoms with E-state index in [1.165, 1.54) is 12.1 Å². The lowest BCUT2D eigenvalue weighted by Crippen LogP contribution is -2.30. The summed E-state index contributed by atoms with van der Waals surface area (Å²) in [6.07, 6.45) is 3.54. The molecule has 0 saturated heterocycles. The summed E-state index contributed by atoms with van der Waals surface area (Å²) in [5, 5.41) is 0.361. The maximum absolute atomic E-state index is 13.0. The van der Waals surface area contributed by atoms with E-state index in [0.29, 0.717) is 5.02 Å². The molecule has 3 N–H and O–H groups in total. The third kappa shape index (κ3) is 2.77. The Morgan fingerprint density at radius 2 is 2.29 bits per heavy atom. The first kappa shape index (κ1) is 12.4. The van der Waals surface area contributed by atoms with Crippen molar-refractivity contribution < 1.29 is 9.13 Å². The zero-order chi connectivity index (χ0) is 12.3. The Hall–Kier alpha value is -1.10. The molecule has 0 fully saturated rings. The van der Waals surface area contributed by atoms with Crippen LogP contribution in [0, 0.1) is 5.82 Å². The van der Waals surface area contributed by atoms with Gasteiger partial charge in [0.25, 0.3) is 0 Å². The quantitative estimate of drug-likeness (QED) is 0.646. The molecule has 0 amide bonds. The average molecular weight is 257 g/mol. The number of hydrogen-bond acceptors (Lipinski definition) is 3. The third-order valence-corrected chi connectivity index (χ3v) is 3.10. The van der Waals surface area contributed by atoms with Gasteiger partial charge in [0.2, 0.25) is 0 Å². The van der Waals surface area contributed by atoms with Gasteiger partial charge in [0.15, 0.2) is 0 Å². The summed E-state index contributed by atoms with van der Waals surface area (Å²) in [5.41, 5.74) is 4.47. The molecule has 0 saturated carbocycles. The van der Waals surface area contributed by atoms with E-state index < -0.39 is 0 Å². The maximum Gasteiger partial charge on any atom is 0.124 e. The highest BCUT2D eigenvalue weighted by atomic mass is 35.5. The summed E-state index contributed by atoms with van der Waals surface area (Å²) >= 11 is 6.02. The molecule has 0 aliphatic carbocycles. The minimum absolute atomic E-state index is 0.233. The Morgan fingerprint density at radius 3 is 2.88 bits per heavy atom. The minimum Gasteiger partial charge on any atom is -0.501 e. The van der Waals surface area contributed by atoms with Gasteiger partial charge in [-0.2, -0.15) is 0 Å². The van der Waals surface area contributed by atoms with Crippen LogP contribution in [0.15, 0.2) is 30.0 Å². The van der Waals surface area contributed by atoms with Gasteiger partial charge >= 0.3 is 0 Å². The summed E-state index contributed by atoms with van der Waals surface area (Å²) < 4.78 is 18.3. The summed E-state index contributed by atoms with van der Waals surface area (Å²) in [6, 6.07) is 4.06. The Labute approximate surface area is 104 Å². The van der Waals surface area contributed by atoms with Crippen LogP contribution in [0.3, 0.4) is 0 Å². The Balaban J connectivity index is 2.31. The largest absolute Gasteiger partial charge is 0.501 e. The first-order valence-corrected chi connectivity index (χ1v) is 5.82. The van der Waals surface area contributed by atoms with Crippen LogP contribution in [0.25, 0.3) is 0 Å². The fourth-order valence-corrected chi connectivity index (χ4v) is 2.21. The van der Waals surface area contributed by atoms with Crippen LogP contribution < -0.4 is 11.3 Å². The van der Waals surface area contributed by atoms with Crippen molar-refractivity contribution >= 4 is 11.6 Å². The van der Waals surface area contributed by atoms with Crippen LogP contribution >= 0.6 is 11.6 Å². The normalized spacial score (nSPS) is 17.2. The number of rotatable bonds is 3.